The molecule has 0 bridgehead atoms. The van der Waals surface area contributed by atoms with Gasteiger partial charge < -0.3 is 15.1 Å². The molecule has 3 nitrogen and oxygen atoms in total. The van der Waals surface area contributed by atoms with Crippen molar-refractivity contribution in [3.8, 4) is 0 Å². The summed E-state index contributed by atoms with van der Waals surface area (Å²) >= 11 is 0. The minimum atomic E-state index is 0.442. The molecule has 2 aromatic rings. The molecule has 2 heterocycles. The smallest absolute Gasteiger partial charge is 0.117 e. The van der Waals surface area contributed by atoms with E-state index in [9.17, 15) is 0 Å². The molecule has 1 aromatic carbocycles. The molecule has 1 unspecified atom stereocenters. The van der Waals surface area contributed by atoms with Crippen molar-refractivity contribution < 1.29 is 4.42 Å². The Morgan fingerprint density at radius 3 is 3.16 bits per heavy atom. The molecule has 3 rings (SSSR count). The Kier molecular flexibility index (Phi) is 3.56. The molecule has 1 aliphatic rings. The third-order valence-electron chi connectivity index (χ3n) is 3.63. The molecule has 0 fully saturated rings. The van der Waals surface area contributed by atoms with Crippen LogP contribution in [0.4, 0.5) is 5.69 Å². The quantitative estimate of drug-likeness (QED) is 0.863. The fourth-order valence-electron chi connectivity index (χ4n) is 2.60. The maximum absolute atomic E-state index is 5.32. The molecule has 0 spiro atoms. The molecule has 1 aliphatic heterocycles. The number of hydrogen-bond acceptors (Lipinski definition) is 3. The summed E-state index contributed by atoms with van der Waals surface area (Å²) in [5, 5.41) is 6.89. The van der Waals surface area contributed by atoms with Crippen LogP contribution in [0.2, 0.25) is 0 Å². The third-order valence-corrected chi connectivity index (χ3v) is 3.63. The molecule has 0 amide bonds. The predicted molar refractivity (Wildman–Crippen MR) is 77.3 cm³/mol. The summed E-state index contributed by atoms with van der Waals surface area (Å²) in [5.74, 6) is 0.991. The fraction of sp³-hybridized carbons (Fsp3) is 0.375. The van der Waals surface area contributed by atoms with Crippen LogP contribution in [-0.2, 0) is 19.4 Å². The first-order chi connectivity index (χ1) is 9.31. The van der Waals surface area contributed by atoms with Gasteiger partial charge in [-0.15, -0.1) is 0 Å². The number of fused-ring (bicyclic) bond motifs is 1. The van der Waals surface area contributed by atoms with Crippen molar-refractivity contribution in [1.29, 1.82) is 0 Å². The van der Waals surface area contributed by atoms with E-state index in [1.165, 1.54) is 16.8 Å². The van der Waals surface area contributed by atoms with Gasteiger partial charge in [-0.25, -0.2) is 0 Å². The van der Waals surface area contributed by atoms with Crippen LogP contribution >= 0.6 is 0 Å². The van der Waals surface area contributed by atoms with Gasteiger partial charge in [-0.05, 0) is 49.1 Å². The molecular weight excluding hydrogens is 236 g/mol. The lowest BCUT2D eigenvalue weighted by atomic mass is 10.0. The molecule has 0 saturated carbocycles. The molecule has 1 atom stereocenters. The van der Waals surface area contributed by atoms with Crippen molar-refractivity contribution in [2.45, 2.75) is 32.4 Å². The first-order valence-corrected chi connectivity index (χ1v) is 6.93. The van der Waals surface area contributed by atoms with E-state index in [1.54, 1.807) is 6.26 Å². The molecule has 0 aliphatic carbocycles. The van der Waals surface area contributed by atoms with Gasteiger partial charge in [0.15, 0.2) is 0 Å². The minimum absolute atomic E-state index is 0.442. The first-order valence-electron chi connectivity index (χ1n) is 6.93. The van der Waals surface area contributed by atoms with Crippen LogP contribution in [0.1, 0.15) is 23.8 Å². The highest BCUT2D eigenvalue weighted by Crippen LogP contribution is 2.23. The van der Waals surface area contributed by atoms with Crippen molar-refractivity contribution in [2.24, 2.45) is 0 Å². The van der Waals surface area contributed by atoms with Gasteiger partial charge in [0.1, 0.15) is 5.76 Å². The van der Waals surface area contributed by atoms with Gasteiger partial charge in [0.2, 0.25) is 0 Å². The van der Waals surface area contributed by atoms with Crippen LogP contribution in [0.15, 0.2) is 41.0 Å². The van der Waals surface area contributed by atoms with E-state index in [0.29, 0.717) is 6.04 Å². The highest BCUT2D eigenvalue weighted by atomic mass is 16.3. The van der Waals surface area contributed by atoms with Crippen molar-refractivity contribution >= 4 is 5.69 Å². The number of benzene rings is 1. The van der Waals surface area contributed by atoms with Gasteiger partial charge in [0, 0.05) is 18.3 Å². The zero-order chi connectivity index (χ0) is 13.1. The summed E-state index contributed by atoms with van der Waals surface area (Å²) in [5.41, 5.74) is 4.16. The van der Waals surface area contributed by atoms with E-state index >= 15 is 0 Å². The lowest BCUT2D eigenvalue weighted by Crippen LogP contribution is -2.27. The Hall–Kier alpha value is -1.74. The molecule has 19 heavy (non-hydrogen) atoms. The van der Waals surface area contributed by atoms with Crippen molar-refractivity contribution in [2.75, 3.05) is 11.9 Å². The predicted octanol–water partition coefficient (Wildman–Crippen LogP) is 2.97. The molecule has 100 valence electrons. The van der Waals surface area contributed by atoms with Crippen LogP contribution in [0.3, 0.4) is 0 Å². The minimum Gasteiger partial charge on any atom is -0.468 e. The Labute approximate surface area is 114 Å². The van der Waals surface area contributed by atoms with Crippen LogP contribution in [0.25, 0.3) is 0 Å². The molecular formula is C16H20N2O. The summed E-state index contributed by atoms with van der Waals surface area (Å²) in [4.78, 5) is 0. The van der Waals surface area contributed by atoms with Crippen molar-refractivity contribution in [3.63, 3.8) is 0 Å². The average Bonchev–Trinajstić information content (AvgIpc) is 3.07. The van der Waals surface area contributed by atoms with E-state index in [1.807, 2.05) is 12.1 Å². The number of rotatable bonds is 5. The second kappa shape index (κ2) is 5.49. The number of furan rings is 1. The summed E-state index contributed by atoms with van der Waals surface area (Å²) in [6, 6.07) is 11.1. The van der Waals surface area contributed by atoms with Crippen LogP contribution in [0.5, 0.6) is 0 Å². The van der Waals surface area contributed by atoms with Gasteiger partial charge in [0.25, 0.3) is 0 Å². The van der Waals surface area contributed by atoms with Crippen molar-refractivity contribution in [1.82, 2.24) is 5.32 Å². The Morgan fingerprint density at radius 1 is 1.37 bits per heavy atom. The maximum atomic E-state index is 5.32. The normalized spacial score (nSPS) is 15.0. The zero-order valence-corrected chi connectivity index (χ0v) is 11.3. The van der Waals surface area contributed by atoms with E-state index in [-0.39, 0.29) is 0 Å². The van der Waals surface area contributed by atoms with Gasteiger partial charge in [-0.3, -0.25) is 0 Å². The lowest BCUT2D eigenvalue weighted by Gasteiger charge is -2.13. The Morgan fingerprint density at radius 2 is 2.32 bits per heavy atom. The summed E-state index contributed by atoms with van der Waals surface area (Å²) in [6.45, 7) is 4.08. The molecule has 3 heteroatoms. The SMILES string of the molecule is CC(Cc1ccc2c(c1)CCN2)NCc1ccco1. The molecule has 0 saturated heterocycles. The fourth-order valence-corrected chi connectivity index (χ4v) is 2.60. The molecule has 0 radical (unpaired) electrons. The van der Waals surface area contributed by atoms with E-state index < -0.39 is 0 Å². The number of nitrogens with one attached hydrogen (secondary N) is 2. The highest BCUT2D eigenvalue weighted by Gasteiger charge is 2.11. The average molecular weight is 256 g/mol. The maximum Gasteiger partial charge on any atom is 0.117 e. The van der Waals surface area contributed by atoms with E-state index in [0.717, 1.165) is 31.7 Å². The zero-order valence-electron chi connectivity index (χ0n) is 11.3. The number of anilines is 1. The third kappa shape index (κ3) is 2.99. The number of hydrogen-bond donors (Lipinski definition) is 2. The lowest BCUT2D eigenvalue weighted by molar-refractivity contribution is 0.453. The van der Waals surface area contributed by atoms with Crippen LogP contribution < -0.4 is 10.6 Å². The Balaban J connectivity index is 1.55. The second-order valence-corrected chi connectivity index (χ2v) is 5.23. The second-order valence-electron chi connectivity index (χ2n) is 5.23. The highest BCUT2D eigenvalue weighted by molar-refractivity contribution is 5.56. The van der Waals surface area contributed by atoms with Gasteiger partial charge >= 0.3 is 0 Å². The summed E-state index contributed by atoms with van der Waals surface area (Å²) in [6.07, 6.45) is 3.92. The standard InChI is InChI=1S/C16H20N2O/c1-12(18-11-15-3-2-8-19-15)9-13-4-5-16-14(10-13)6-7-17-16/h2-5,8,10,12,17-18H,6-7,9,11H2,1H3. The molecule has 1 aromatic heterocycles. The molecule has 2 N–H and O–H groups in total. The Bertz CT molecular complexity index is 534. The van der Waals surface area contributed by atoms with Crippen LogP contribution in [0, 0.1) is 0 Å². The monoisotopic (exact) mass is 256 g/mol. The van der Waals surface area contributed by atoms with Crippen molar-refractivity contribution in [3.05, 3.63) is 53.5 Å². The van der Waals surface area contributed by atoms with Gasteiger partial charge in [0.05, 0.1) is 12.8 Å². The largest absolute Gasteiger partial charge is 0.468 e. The summed E-state index contributed by atoms with van der Waals surface area (Å²) in [7, 11) is 0. The topological polar surface area (TPSA) is 37.2 Å². The van der Waals surface area contributed by atoms with Gasteiger partial charge in [-0.2, -0.15) is 0 Å². The van der Waals surface area contributed by atoms with Gasteiger partial charge in [-0.1, -0.05) is 12.1 Å². The van der Waals surface area contributed by atoms with E-state index in [2.05, 4.69) is 35.8 Å². The van der Waals surface area contributed by atoms with E-state index in [4.69, 9.17) is 4.42 Å². The summed E-state index contributed by atoms with van der Waals surface area (Å²) < 4.78 is 5.32. The van der Waals surface area contributed by atoms with Crippen LogP contribution in [-0.4, -0.2) is 12.6 Å². The first kappa shape index (κ1) is 12.3.